The molecule has 0 aliphatic carbocycles. The van der Waals surface area contributed by atoms with Gasteiger partial charge in [-0.3, -0.25) is 0 Å². The summed E-state index contributed by atoms with van der Waals surface area (Å²) < 4.78 is 6.51. The minimum Gasteiger partial charge on any atom is -0.444 e. The summed E-state index contributed by atoms with van der Waals surface area (Å²) in [5.41, 5.74) is 0.776. The number of hydrogen-bond acceptors (Lipinski definition) is 2. The summed E-state index contributed by atoms with van der Waals surface area (Å²) in [6.07, 6.45) is 6.21. The maximum Gasteiger partial charge on any atom is 0.410 e. The summed E-state index contributed by atoms with van der Waals surface area (Å²) in [6, 6.07) is 8.26. The van der Waals surface area contributed by atoms with Crippen LogP contribution < -0.4 is 0 Å². The van der Waals surface area contributed by atoms with Gasteiger partial charge in [-0.25, -0.2) is 4.79 Å². The van der Waals surface area contributed by atoms with Crippen LogP contribution in [-0.4, -0.2) is 29.7 Å². The lowest BCUT2D eigenvalue weighted by Gasteiger charge is -2.32. The van der Waals surface area contributed by atoms with Crippen molar-refractivity contribution < 1.29 is 9.53 Å². The number of benzene rings is 1. The molecule has 0 N–H and O–H groups in total. The third-order valence-electron chi connectivity index (χ3n) is 3.60. The third-order valence-corrected chi connectivity index (χ3v) is 4.09. The van der Waals surface area contributed by atoms with Crippen LogP contribution in [0.3, 0.4) is 0 Å². The molecule has 0 atom stereocenters. The van der Waals surface area contributed by atoms with Crippen molar-refractivity contribution in [2.24, 2.45) is 5.92 Å². The summed E-state index contributed by atoms with van der Waals surface area (Å²) in [5, 5.41) is 0. The predicted molar refractivity (Wildman–Crippen MR) is 93.7 cm³/mol. The predicted octanol–water partition coefficient (Wildman–Crippen LogP) is 5.11. The van der Waals surface area contributed by atoms with Gasteiger partial charge in [0.2, 0.25) is 0 Å². The molecule has 2 rings (SSSR count). The van der Waals surface area contributed by atoms with E-state index in [2.05, 4.69) is 40.2 Å². The van der Waals surface area contributed by atoms with Crippen LogP contribution in [0.1, 0.15) is 39.2 Å². The highest BCUT2D eigenvalue weighted by molar-refractivity contribution is 9.10. The molecule has 1 amide bonds. The molecule has 0 spiro atoms. The van der Waals surface area contributed by atoms with E-state index < -0.39 is 5.60 Å². The number of likely N-dealkylation sites (tertiary alicyclic amines) is 1. The Morgan fingerprint density at radius 1 is 1.32 bits per heavy atom. The molecule has 3 nitrogen and oxygen atoms in total. The molecule has 1 saturated heterocycles. The van der Waals surface area contributed by atoms with E-state index in [1.165, 1.54) is 5.56 Å². The molecule has 0 radical (unpaired) electrons. The smallest absolute Gasteiger partial charge is 0.410 e. The van der Waals surface area contributed by atoms with Crippen LogP contribution in [0.25, 0.3) is 6.08 Å². The molecule has 0 unspecified atom stereocenters. The van der Waals surface area contributed by atoms with Crippen LogP contribution in [0.5, 0.6) is 0 Å². The molecule has 22 heavy (non-hydrogen) atoms. The molecule has 0 aromatic heterocycles. The number of hydrogen-bond donors (Lipinski definition) is 0. The Bertz CT molecular complexity index is 540. The number of halogens is 1. The fraction of sp³-hybridized carbons (Fsp3) is 0.500. The quantitative estimate of drug-likeness (QED) is 0.728. The van der Waals surface area contributed by atoms with Gasteiger partial charge < -0.3 is 9.64 Å². The molecule has 1 aromatic carbocycles. The average Bonchev–Trinajstić information content (AvgIpc) is 2.44. The minimum absolute atomic E-state index is 0.193. The molecular weight excluding hydrogens is 342 g/mol. The van der Waals surface area contributed by atoms with Crippen molar-refractivity contribution in [2.45, 2.75) is 39.2 Å². The van der Waals surface area contributed by atoms with Crippen molar-refractivity contribution in [1.29, 1.82) is 0 Å². The number of nitrogens with zero attached hydrogens (tertiary/aromatic N) is 1. The van der Waals surface area contributed by atoms with Crippen LogP contribution in [0.4, 0.5) is 4.79 Å². The summed E-state index contributed by atoms with van der Waals surface area (Å²) in [4.78, 5) is 13.8. The second kappa shape index (κ2) is 7.32. The number of amides is 1. The van der Waals surface area contributed by atoms with Crippen LogP contribution in [0.15, 0.2) is 34.8 Å². The van der Waals surface area contributed by atoms with E-state index in [-0.39, 0.29) is 6.09 Å². The Hall–Kier alpha value is -1.29. The second-order valence-corrected chi connectivity index (χ2v) is 7.63. The van der Waals surface area contributed by atoms with Crippen molar-refractivity contribution in [3.8, 4) is 0 Å². The van der Waals surface area contributed by atoms with Crippen molar-refractivity contribution in [3.63, 3.8) is 0 Å². The van der Waals surface area contributed by atoms with Crippen LogP contribution in [0, 0.1) is 5.92 Å². The molecule has 4 heteroatoms. The van der Waals surface area contributed by atoms with Gasteiger partial charge in [-0.05, 0) is 57.2 Å². The van der Waals surface area contributed by atoms with E-state index in [1.54, 1.807) is 0 Å². The Morgan fingerprint density at radius 3 is 2.59 bits per heavy atom. The summed E-state index contributed by atoms with van der Waals surface area (Å²) in [6.45, 7) is 7.24. The van der Waals surface area contributed by atoms with Crippen molar-refractivity contribution in [1.82, 2.24) is 4.90 Å². The Kier molecular flexibility index (Phi) is 5.68. The lowest BCUT2D eigenvalue weighted by Crippen LogP contribution is -2.41. The zero-order valence-electron chi connectivity index (χ0n) is 13.5. The standard InChI is InChI=1S/C18H24BrNO2/c1-18(2,3)22-17(21)20-11-9-14(10-12-20)7-8-15-5-4-6-16(19)13-15/h4-8,13-14H,9-12H2,1-3H3/b8-7+. The van der Waals surface area contributed by atoms with Gasteiger partial charge in [0.25, 0.3) is 0 Å². The maximum atomic E-state index is 12.0. The Balaban J connectivity index is 1.83. The van der Waals surface area contributed by atoms with Gasteiger partial charge in [0.15, 0.2) is 0 Å². The lowest BCUT2D eigenvalue weighted by atomic mass is 9.96. The molecule has 120 valence electrons. The summed E-state index contributed by atoms with van der Waals surface area (Å²) in [5.74, 6) is 0.526. The minimum atomic E-state index is -0.422. The van der Waals surface area contributed by atoms with Crippen LogP contribution in [0.2, 0.25) is 0 Å². The van der Waals surface area contributed by atoms with E-state index in [9.17, 15) is 4.79 Å². The SMILES string of the molecule is CC(C)(C)OC(=O)N1CCC(/C=C/c2cccc(Br)c2)CC1. The summed E-state index contributed by atoms with van der Waals surface area (Å²) >= 11 is 3.48. The monoisotopic (exact) mass is 365 g/mol. The van der Waals surface area contributed by atoms with Gasteiger partial charge in [-0.15, -0.1) is 0 Å². The average molecular weight is 366 g/mol. The van der Waals surface area contributed by atoms with Gasteiger partial charge in [-0.1, -0.05) is 40.2 Å². The topological polar surface area (TPSA) is 29.5 Å². The van der Waals surface area contributed by atoms with Gasteiger partial charge in [-0.2, -0.15) is 0 Å². The number of rotatable bonds is 2. The zero-order chi connectivity index (χ0) is 16.2. The number of carbonyl (C=O) groups excluding carboxylic acids is 1. The first-order valence-corrected chi connectivity index (χ1v) is 8.54. The highest BCUT2D eigenvalue weighted by Gasteiger charge is 2.25. The molecular formula is C18H24BrNO2. The van der Waals surface area contributed by atoms with Crippen molar-refractivity contribution >= 4 is 28.1 Å². The van der Waals surface area contributed by atoms with Crippen molar-refractivity contribution in [3.05, 3.63) is 40.4 Å². The van der Waals surface area contributed by atoms with E-state index in [0.717, 1.165) is 30.4 Å². The molecule has 1 aliphatic heterocycles. The highest BCUT2D eigenvalue weighted by Crippen LogP contribution is 2.22. The van der Waals surface area contributed by atoms with Crippen LogP contribution >= 0.6 is 15.9 Å². The van der Waals surface area contributed by atoms with Crippen molar-refractivity contribution in [2.75, 3.05) is 13.1 Å². The molecule has 1 aliphatic rings. The number of ether oxygens (including phenoxy) is 1. The molecule has 1 aromatic rings. The summed E-state index contributed by atoms with van der Waals surface area (Å²) in [7, 11) is 0. The first kappa shape index (κ1) is 17.1. The van der Waals surface area contributed by atoms with E-state index in [1.807, 2.05) is 37.8 Å². The number of allylic oxidation sites excluding steroid dienone is 1. The van der Waals surface area contributed by atoms with Crippen LogP contribution in [-0.2, 0) is 4.74 Å². The zero-order valence-corrected chi connectivity index (χ0v) is 15.1. The maximum absolute atomic E-state index is 12.0. The van der Waals surface area contributed by atoms with E-state index in [4.69, 9.17) is 4.74 Å². The molecule has 0 bridgehead atoms. The lowest BCUT2D eigenvalue weighted by molar-refractivity contribution is 0.0197. The fourth-order valence-electron chi connectivity index (χ4n) is 2.46. The Labute approximate surface area is 141 Å². The molecule has 0 saturated carbocycles. The van der Waals surface area contributed by atoms with Gasteiger partial charge in [0.1, 0.15) is 5.60 Å². The molecule has 1 heterocycles. The molecule has 1 fully saturated rings. The number of carbonyl (C=O) groups is 1. The number of piperidine rings is 1. The van der Waals surface area contributed by atoms with E-state index >= 15 is 0 Å². The second-order valence-electron chi connectivity index (χ2n) is 6.72. The van der Waals surface area contributed by atoms with Gasteiger partial charge >= 0.3 is 6.09 Å². The van der Waals surface area contributed by atoms with E-state index in [0.29, 0.717) is 5.92 Å². The first-order chi connectivity index (χ1) is 10.3. The highest BCUT2D eigenvalue weighted by atomic mass is 79.9. The van der Waals surface area contributed by atoms with Gasteiger partial charge in [0, 0.05) is 17.6 Å². The van der Waals surface area contributed by atoms with Gasteiger partial charge in [0.05, 0.1) is 0 Å². The first-order valence-electron chi connectivity index (χ1n) is 7.75. The third kappa shape index (κ3) is 5.48. The largest absolute Gasteiger partial charge is 0.444 e. The normalized spacial score (nSPS) is 17.0. The fourth-order valence-corrected chi connectivity index (χ4v) is 2.88. The Morgan fingerprint density at radius 2 is 2.00 bits per heavy atom.